The molecule has 0 bridgehead atoms. The quantitative estimate of drug-likeness (QED) is 0.540. The average Bonchev–Trinajstić information content (AvgIpc) is 2.19. The lowest BCUT2D eigenvalue weighted by Gasteiger charge is -2.11. The van der Waals surface area contributed by atoms with Gasteiger partial charge in [0.15, 0.2) is 0 Å². The summed E-state index contributed by atoms with van der Waals surface area (Å²) in [5.41, 5.74) is 1.41. The second kappa shape index (κ2) is 8.15. The van der Waals surface area contributed by atoms with E-state index in [9.17, 15) is 0 Å². The van der Waals surface area contributed by atoms with Crippen molar-refractivity contribution in [3.8, 4) is 0 Å². The molecule has 0 aromatic heterocycles. The molecule has 0 radical (unpaired) electrons. The van der Waals surface area contributed by atoms with E-state index in [1.165, 1.54) is 18.4 Å². The zero-order valence-corrected chi connectivity index (χ0v) is 9.60. The Hall–Kier alpha value is -0.460. The van der Waals surface area contributed by atoms with Gasteiger partial charge in [-0.15, -0.1) is 0 Å². The highest BCUT2D eigenvalue weighted by atomic mass is 16.5. The molecule has 0 N–H and O–H groups in total. The highest BCUT2D eigenvalue weighted by Crippen LogP contribution is 2.10. The fourth-order valence-electron chi connectivity index (χ4n) is 1.24. The van der Waals surface area contributed by atoms with E-state index in [0.717, 1.165) is 25.4 Å². The van der Waals surface area contributed by atoms with Crippen LogP contribution in [0.3, 0.4) is 0 Å². The predicted molar refractivity (Wildman–Crippen MR) is 58.7 cm³/mol. The van der Waals surface area contributed by atoms with Crippen molar-refractivity contribution in [1.29, 1.82) is 0 Å². The van der Waals surface area contributed by atoms with E-state index >= 15 is 0 Å². The summed E-state index contributed by atoms with van der Waals surface area (Å²) >= 11 is 0. The SMILES string of the molecule is CCC(=COCC(CC)CC)CC. The molecule has 0 aromatic rings. The van der Waals surface area contributed by atoms with Crippen molar-refractivity contribution < 1.29 is 4.74 Å². The molecule has 1 heteroatoms. The molecule has 0 rings (SSSR count). The normalized spacial score (nSPS) is 10.2. The molecule has 0 spiro atoms. The Bertz CT molecular complexity index is 128. The second-order valence-electron chi connectivity index (χ2n) is 3.50. The summed E-state index contributed by atoms with van der Waals surface area (Å²) in [6.07, 6.45) is 6.62. The van der Waals surface area contributed by atoms with Gasteiger partial charge in [-0.3, -0.25) is 0 Å². The number of rotatable bonds is 7. The molecule has 0 aliphatic heterocycles. The molecule has 0 aliphatic carbocycles. The molecule has 78 valence electrons. The summed E-state index contributed by atoms with van der Waals surface area (Å²) < 4.78 is 5.56. The van der Waals surface area contributed by atoms with Crippen molar-refractivity contribution in [3.63, 3.8) is 0 Å². The lowest BCUT2D eigenvalue weighted by molar-refractivity contribution is 0.185. The first-order chi connectivity index (χ1) is 6.28. The molecule has 0 saturated carbocycles. The van der Waals surface area contributed by atoms with Crippen LogP contribution in [0.2, 0.25) is 0 Å². The Morgan fingerprint density at radius 3 is 2.00 bits per heavy atom. The third kappa shape index (κ3) is 5.73. The van der Waals surface area contributed by atoms with Gasteiger partial charge in [-0.05, 0) is 24.3 Å². The van der Waals surface area contributed by atoms with Crippen molar-refractivity contribution in [2.24, 2.45) is 5.92 Å². The van der Waals surface area contributed by atoms with Gasteiger partial charge in [0.05, 0.1) is 12.9 Å². The monoisotopic (exact) mass is 184 g/mol. The van der Waals surface area contributed by atoms with E-state index in [4.69, 9.17) is 4.74 Å². The summed E-state index contributed by atoms with van der Waals surface area (Å²) in [5.74, 6) is 0.728. The van der Waals surface area contributed by atoms with Crippen molar-refractivity contribution in [2.75, 3.05) is 6.61 Å². The Balaban J connectivity index is 3.68. The maximum Gasteiger partial charge on any atom is 0.0901 e. The molecule has 0 fully saturated rings. The molecule has 0 aromatic carbocycles. The number of ether oxygens (including phenoxy) is 1. The number of allylic oxidation sites excluding steroid dienone is 1. The fourth-order valence-corrected chi connectivity index (χ4v) is 1.24. The van der Waals surface area contributed by atoms with E-state index in [-0.39, 0.29) is 0 Å². The van der Waals surface area contributed by atoms with Crippen molar-refractivity contribution in [1.82, 2.24) is 0 Å². The molecule has 1 nitrogen and oxygen atoms in total. The summed E-state index contributed by atoms with van der Waals surface area (Å²) in [7, 11) is 0. The van der Waals surface area contributed by atoms with Gasteiger partial charge in [0.2, 0.25) is 0 Å². The third-order valence-corrected chi connectivity index (χ3v) is 2.64. The van der Waals surface area contributed by atoms with Crippen molar-refractivity contribution >= 4 is 0 Å². The molecular formula is C12H24O. The number of hydrogen-bond acceptors (Lipinski definition) is 1. The van der Waals surface area contributed by atoms with E-state index in [1.807, 2.05) is 6.26 Å². The van der Waals surface area contributed by atoms with Crippen LogP contribution in [-0.2, 0) is 4.74 Å². The van der Waals surface area contributed by atoms with Crippen LogP contribution in [0, 0.1) is 5.92 Å². The standard InChI is InChI=1S/C12H24O/c1-5-11(6-2)9-13-10-12(7-3)8-4/h9,12H,5-8,10H2,1-4H3. The van der Waals surface area contributed by atoms with Gasteiger partial charge < -0.3 is 4.74 Å². The first-order valence-corrected chi connectivity index (χ1v) is 5.57. The van der Waals surface area contributed by atoms with Crippen LogP contribution in [0.5, 0.6) is 0 Å². The highest BCUT2D eigenvalue weighted by Gasteiger charge is 2.01. The molecule has 0 heterocycles. The van der Waals surface area contributed by atoms with Crippen LogP contribution >= 0.6 is 0 Å². The van der Waals surface area contributed by atoms with Crippen molar-refractivity contribution in [2.45, 2.75) is 53.4 Å². The lowest BCUT2D eigenvalue weighted by Crippen LogP contribution is -2.04. The molecule has 0 aliphatic rings. The van der Waals surface area contributed by atoms with Crippen LogP contribution in [0.1, 0.15) is 53.4 Å². The molecular weight excluding hydrogens is 160 g/mol. The highest BCUT2D eigenvalue weighted by molar-refractivity contribution is 4.95. The van der Waals surface area contributed by atoms with Crippen LogP contribution in [0.4, 0.5) is 0 Å². The molecule has 0 saturated heterocycles. The summed E-state index contributed by atoms with van der Waals surface area (Å²) in [6.45, 7) is 9.69. The van der Waals surface area contributed by atoms with Crippen LogP contribution < -0.4 is 0 Å². The van der Waals surface area contributed by atoms with E-state index < -0.39 is 0 Å². The minimum atomic E-state index is 0.728. The largest absolute Gasteiger partial charge is 0.501 e. The molecule has 0 amide bonds. The average molecular weight is 184 g/mol. The summed E-state index contributed by atoms with van der Waals surface area (Å²) in [4.78, 5) is 0. The minimum Gasteiger partial charge on any atom is -0.501 e. The Labute approximate surface area is 83.2 Å². The van der Waals surface area contributed by atoms with Gasteiger partial charge in [-0.1, -0.05) is 40.5 Å². The van der Waals surface area contributed by atoms with E-state index in [1.54, 1.807) is 0 Å². The predicted octanol–water partition coefficient (Wildman–Crippen LogP) is 4.14. The summed E-state index contributed by atoms with van der Waals surface area (Å²) in [6, 6.07) is 0. The van der Waals surface area contributed by atoms with Crippen LogP contribution in [0.15, 0.2) is 11.8 Å². The van der Waals surface area contributed by atoms with Gasteiger partial charge in [-0.2, -0.15) is 0 Å². The maximum absolute atomic E-state index is 5.56. The fraction of sp³-hybridized carbons (Fsp3) is 0.833. The Morgan fingerprint density at radius 1 is 1.08 bits per heavy atom. The third-order valence-electron chi connectivity index (χ3n) is 2.64. The van der Waals surface area contributed by atoms with Gasteiger partial charge >= 0.3 is 0 Å². The Kier molecular flexibility index (Phi) is 7.86. The zero-order valence-electron chi connectivity index (χ0n) is 9.60. The van der Waals surface area contributed by atoms with Crippen molar-refractivity contribution in [3.05, 3.63) is 11.8 Å². The van der Waals surface area contributed by atoms with Crippen LogP contribution in [-0.4, -0.2) is 6.61 Å². The Morgan fingerprint density at radius 2 is 1.62 bits per heavy atom. The lowest BCUT2D eigenvalue weighted by atomic mass is 10.1. The first kappa shape index (κ1) is 12.5. The topological polar surface area (TPSA) is 9.23 Å². The van der Waals surface area contributed by atoms with Gasteiger partial charge in [0.1, 0.15) is 0 Å². The second-order valence-corrected chi connectivity index (χ2v) is 3.50. The summed E-state index contributed by atoms with van der Waals surface area (Å²) in [5, 5.41) is 0. The van der Waals surface area contributed by atoms with Gasteiger partial charge in [-0.25, -0.2) is 0 Å². The van der Waals surface area contributed by atoms with Crippen LogP contribution in [0.25, 0.3) is 0 Å². The first-order valence-electron chi connectivity index (χ1n) is 5.57. The maximum atomic E-state index is 5.56. The molecule has 0 unspecified atom stereocenters. The number of hydrogen-bond donors (Lipinski definition) is 0. The van der Waals surface area contributed by atoms with Gasteiger partial charge in [0, 0.05) is 0 Å². The molecule has 0 atom stereocenters. The van der Waals surface area contributed by atoms with Gasteiger partial charge in [0.25, 0.3) is 0 Å². The zero-order chi connectivity index (χ0) is 10.1. The minimum absolute atomic E-state index is 0.728. The smallest absolute Gasteiger partial charge is 0.0901 e. The molecule has 13 heavy (non-hydrogen) atoms. The van der Waals surface area contributed by atoms with E-state index in [0.29, 0.717) is 0 Å². The van der Waals surface area contributed by atoms with E-state index in [2.05, 4.69) is 27.7 Å².